The highest BCUT2D eigenvalue weighted by Crippen LogP contribution is 2.23. The molecule has 1 aliphatic rings. The molecule has 1 aliphatic heterocycles. The maximum atomic E-state index is 12.4. The Kier molecular flexibility index (Phi) is 4.98. The van der Waals surface area contributed by atoms with E-state index in [2.05, 4.69) is 30.1 Å². The van der Waals surface area contributed by atoms with E-state index in [9.17, 15) is 4.79 Å². The zero-order chi connectivity index (χ0) is 15.4. The molecule has 1 aromatic rings. The topological polar surface area (TPSA) is 56.1 Å². The molecule has 1 amide bonds. The summed E-state index contributed by atoms with van der Waals surface area (Å²) in [5.74, 6) is 1.20. The number of hydrogen-bond acceptors (Lipinski definition) is 3. The van der Waals surface area contributed by atoms with Crippen molar-refractivity contribution in [2.24, 2.45) is 11.8 Å². The second-order valence-corrected chi connectivity index (χ2v) is 6.22. The number of anilines is 1. The molecule has 4 heteroatoms. The molecule has 4 nitrogen and oxygen atoms in total. The maximum Gasteiger partial charge on any atom is 0.241 e. The molecule has 0 bridgehead atoms. The van der Waals surface area contributed by atoms with Gasteiger partial charge in [0, 0.05) is 13.1 Å². The third-order valence-corrected chi connectivity index (χ3v) is 4.13. The van der Waals surface area contributed by atoms with Crippen molar-refractivity contribution in [3.05, 3.63) is 29.8 Å². The lowest BCUT2D eigenvalue weighted by Crippen LogP contribution is -2.48. The van der Waals surface area contributed by atoms with Crippen molar-refractivity contribution in [1.82, 2.24) is 4.90 Å². The number of carbonyl (C=O) groups excluding carboxylic acids is 1. The Hall–Kier alpha value is -1.86. The molecule has 0 aliphatic carbocycles. The van der Waals surface area contributed by atoms with Gasteiger partial charge in [-0.1, -0.05) is 26.0 Å². The number of nitriles is 1. The third kappa shape index (κ3) is 3.83. The highest BCUT2D eigenvalue weighted by Gasteiger charge is 2.28. The highest BCUT2D eigenvalue weighted by molar-refractivity contribution is 5.95. The highest BCUT2D eigenvalue weighted by atomic mass is 16.2. The molecule has 0 saturated carbocycles. The fourth-order valence-electron chi connectivity index (χ4n) is 3.12. The quantitative estimate of drug-likeness (QED) is 0.929. The van der Waals surface area contributed by atoms with E-state index in [4.69, 9.17) is 5.26 Å². The van der Waals surface area contributed by atoms with Crippen molar-refractivity contribution in [3.63, 3.8) is 0 Å². The van der Waals surface area contributed by atoms with E-state index < -0.39 is 0 Å². The van der Waals surface area contributed by atoms with Gasteiger partial charge in [0.25, 0.3) is 0 Å². The van der Waals surface area contributed by atoms with Crippen LogP contribution in [0.15, 0.2) is 24.3 Å². The standard InChI is InChI=1S/C17H23N3O/c1-12-8-13(2)11-20(10-12)14(3)17(21)19-16-7-5-4-6-15(16)9-18/h4-7,12-14H,8,10-11H2,1-3H3,(H,19,21)/t12-,13-,14+/m1/s1. The number of nitrogens with zero attached hydrogens (tertiary/aromatic N) is 2. The molecular weight excluding hydrogens is 262 g/mol. The number of amides is 1. The number of para-hydroxylation sites is 1. The molecule has 21 heavy (non-hydrogen) atoms. The monoisotopic (exact) mass is 285 g/mol. The summed E-state index contributed by atoms with van der Waals surface area (Å²) in [6.45, 7) is 8.32. The molecular formula is C17H23N3O. The van der Waals surface area contributed by atoms with E-state index >= 15 is 0 Å². The summed E-state index contributed by atoms with van der Waals surface area (Å²) in [7, 11) is 0. The normalized spacial score (nSPS) is 24.1. The summed E-state index contributed by atoms with van der Waals surface area (Å²) in [5, 5.41) is 12.0. The van der Waals surface area contributed by atoms with Gasteiger partial charge in [-0.05, 0) is 37.3 Å². The van der Waals surface area contributed by atoms with Crippen molar-refractivity contribution in [2.45, 2.75) is 33.2 Å². The molecule has 0 aromatic heterocycles. The van der Waals surface area contributed by atoms with E-state index in [1.54, 1.807) is 18.2 Å². The van der Waals surface area contributed by atoms with E-state index in [0.717, 1.165) is 13.1 Å². The second-order valence-electron chi connectivity index (χ2n) is 6.22. The van der Waals surface area contributed by atoms with Gasteiger partial charge < -0.3 is 5.32 Å². The van der Waals surface area contributed by atoms with Crippen molar-refractivity contribution in [2.75, 3.05) is 18.4 Å². The van der Waals surface area contributed by atoms with Gasteiger partial charge in [0.05, 0.1) is 17.3 Å². The number of benzene rings is 1. The van der Waals surface area contributed by atoms with Crippen LogP contribution < -0.4 is 5.32 Å². The van der Waals surface area contributed by atoms with E-state index in [1.807, 2.05) is 13.0 Å². The smallest absolute Gasteiger partial charge is 0.241 e. The molecule has 1 heterocycles. The average Bonchev–Trinajstić information content (AvgIpc) is 2.46. The lowest BCUT2D eigenvalue weighted by atomic mass is 9.91. The Bertz CT molecular complexity index is 539. The molecule has 1 N–H and O–H groups in total. The van der Waals surface area contributed by atoms with Gasteiger partial charge in [-0.25, -0.2) is 0 Å². The first kappa shape index (κ1) is 15.5. The van der Waals surface area contributed by atoms with Crippen molar-refractivity contribution < 1.29 is 4.79 Å². The molecule has 1 fully saturated rings. The van der Waals surface area contributed by atoms with Crippen LogP contribution >= 0.6 is 0 Å². The number of hydrogen-bond donors (Lipinski definition) is 1. The number of likely N-dealkylation sites (tertiary alicyclic amines) is 1. The Morgan fingerprint density at radius 2 is 1.95 bits per heavy atom. The van der Waals surface area contributed by atoms with Gasteiger partial charge in [0.2, 0.25) is 5.91 Å². The largest absolute Gasteiger partial charge is 0.324 e. The lowest BCUT2D eigenvalue weighted by molar-refractivity contribution is -0.121. The predicted octanol–water partition coefficient (Wildman–Crippen LogP) is 2.86. The predicted molar refractivity (Wildman–Crippen MR) is 83.8 cm³/mol. The van der Waals surface area contributed by atoms with Gasteiger partial charge in [-0.2, -0.15) is 5.26 Å². The first-order valence-corrected chi connectivity index (χ1v) is 7.55. The van der Waals surface area contributed by atoms with Crippen molar-refractivity contribution in [3.8, 4) is 6.07 Å². The molecule has 1 aromatic carbocycles. The first-order chi connectivity index (χ1) is 10.0. The van der Waals surface area contributed by atoms with Crippen LogP contribution in [-0.2, 0) is 4.79 Å². The molecule has 0 unspecified atom stereocenters. The summed E-state index contributed by atoms with van der Waals surface area (Å²) in [5.41, 5.74) is 1.09. The number of rotatable bonds is 3. The van der Waals surface area contributed by atoms with Gasteiger partial charge in [0.15, 0.2) is 0 Å². The molecule has 2 rings (SSSR count). The van der Waals surface area contributed by atoms with E-state index in [0.29, 0.717) is 23.1 Å². The Balaban J connectivity index is 2.04. The molecule has 3 atom stereocenters. The second kappa shape index (κ2) is 6.73. The van der Waals surface area contributed by atoms with Crippen LogP contribution in [0.2, 0.25) is 0 Å². The zero-order valence-corrected chi connectivity index (χ0v) is 13.0. The van der Waals surface area contributed by atoms with Gasteiger partial charge in [0.1, 0.15) is 6.07 Å². The van der Waals surface area contributed by atoms with Crippen LogP contribution in [0, 0.1) is 23.2 Å². The van der Waals surface area contributed by atoms with Crippen LogP contribution in [0.4, 0.5) is 5.69 Å². The van der Waals surface area contributed by atoms with Crippen LogP contribution in [0.25, 0.3) is 0 Å². The minimum atomic E-state index is -0.179. The Labute approximate surface area is 126 Å². The number of carbonyl (C=O) groups is 1. The Morgan fingerprint density at radius 3 is 2.57 bits per heavy atom. The summed E-state index contributed by atoms with van der Waals surface area (Å²) < 4.78 is 0. The van der Waals surface area contributed by atoms with Crippen LogP contribution in [-0.4, -0.2) is 29.9 Å². The molecule has 112 valence electrons. The average molecular weight is 285 g/mol. The maximum absolute atomic E-state index is 12.4. The summed E-state index contributed by atoms with van der Waals surface area (Å²) in [4.78, 5) is 14.7. The molecule has 1 saturated heterocycles. The fraction of sp³-hybridized carbons (Fsp3) is 0.529. The summed E-state index contributed by atoms with van der Waals surface area (Å²) in [6, 6.07) is 9.03. The molecule has 0 spiro atoms. The first-order valence-electron chi connectivity index (χ1n) is 7.55. The SMILES string of the molecule is C[C@@H]1C[C@@H](C)CN([C@@H](C)C(=O)Nc2ccccc2C#N)C1. The number of piperidine rings is 1. The lowest BCUT2D eigenvalue weighted by Gasteiger charge is -2.38. The minimum absolute atomic E-state index is 0.0426. The minimum Gasteiger partial charge on any atom is -0.324 e. The van der Waals surface area contributed by atoms with E-state index in [-0.39, 0.29) is 11.9 Å². The fourth-order valence-corrected chi connectivity index (χ4v) is 3.12. The van der Waals surface area contributed by atoms with Crippen molar-refractivity contribution >= 4 is 11.6 Å². The summed E-state index contributed by atoms with van der Waals surface area (Å²) >= 11 is 0. The van der Waals surface area contributed by atoms with Gasteiger partial charge >= 0.3 is 0 Å². The molecule has 0 radical (unpaired) electrons. The van der Waals surface area contributed by atoms with E-state index in [1.165, 1.54) is 6.42 Å². The van der Waals surface area contributed by atoms with Crippen LogP contribution in [0.1, 0.15) is 32.8 Å². The third-order valence-electron chi connectivity index (χ3n) is 4.13. The van der Waals surface area contributed by atoms with Crippen molar-refractivity contribution in [1.29, 1.82) is 5.26 Å². The van der Waals surface area contributed by atoms with Crippen LogP contribution in [0.5, 0.6) is 0 Å². The summed E-state index contributed by atoms with van der Waals surface area (Å²) in [6.07, 6.45) is 1.22. The van der Waals surface area contributed by atoms with Gasteiger partial charge in [-0.15, -0.1) is 0 Å². The van der Waals surface area contributed by atoms with Crippen LogP contribution in [0.3, 0.4) is 0 Å². The zero-order valence-electron chi connectivity index (χ0n) is 13.0. The van der Waals surface area contributed by atoms with Gasteiger partial charge in [-0.3, -0.25) is 9.69 Å². The Morgan fingerprint density at radius 1 is 1.33 bits per heavy atom. The number of nitrogens with one attached hydrogen (secondary N) is 1.